The van der Waals surface area contributed by atoms with E-state index in [1.54, 1.807) is 12.1 Å². The Morgan fingerprint density at radius 2 is 1.84 bits per heavy atom. The molecule has 5 rings (SSSR count). The summed E-state index contributed by atoms with van der Waals surface area (Å²) in [5, 5.41) is 3.68. The maximum atomic E-state index is 13.3. The van der Waals surface area contributed by atoms with Gasteiger partial charge in [0.2, 0.25) is 5.91 Å². The Morgan fingerprint density at radius 1 is 1.11 bits per heavy atom. The molecule has 0 aliphatic carbocycles. The highest BCUT2D eigenvalue weighted by Crippen LogP contribution is 2.33. The maximum Gasteiger partial charge on any atom is 0.257 e. The van der Waals surface area contributed by atoms with Crippen molar-refractivity contribution < 1.29 is 14.3 Å². The van der Waals surface area contributed by atoms with E-state index in [1.807, 2.05) is 42.1 Å². The molecule has 3 fully saturated rings. The molecule has 2 aromatic rings. The normalized spacial score (nSPS) is 24.2. The van der Waals surface area contributed by atoms with Crippen molar-refractivity contribution in [1.29, 1.82) is 0 Å². The summed E-state index contributed by atoms with van der Waals surface area (Å²) in [6, 6.07) is 13.7. The summed E-state index contributed by atoms with van der Waals surface area (Å²) in [4.78, 5) is 36.8. The van der Waals surface area contributed by atoms with Crippen LogP contribution in [0.1, 0.15) is 34.8 Å². The van der Waals surface area contributed by atoms with Crippen molar-refractivity contribution >= 4 is 29.2 Å². The molecule has 9 heteroatoms. The van der Waals surface area contributed by atoms with Crippen LogP contribution in [0.5, 0.6) is 0 Å². The smallest absolute Gasteiger partial charge is 0.257 e. The number of aromatic nitrogens is 1. The Hall–Kier alpha value is -2.68. The van der Waals surface area contributed by atoms with Gasteiger partial charge in [-0.15, -0.1) is 0 Å². The van der Waals surface area contributed by atoms with Gasteiger partial charge in [0.05, 0.1) is 24.1 Å². The number of carbonyl (C=O) groups is 2. The molecule has 0 spiro atoms. The van der Waals surface area contributed by atoms with Gasteiger partial charge in [0.25, 0.3) is 5.91 Å². The number of carbonyl (C=O) groups excluding carboxylic acids is 2. The fourth-order valence-electron chi connectivity index (χ4n) is 5.89. The summed E-state index contributed by atoms with van der Waals surface area (Å²) in [5.74, 6) is 1.60. The van der Waals surface area contributed by atoms with E-state index in [-0.39, 0.29) is 23.8 Å². The van der Waals surface area contributed by atoms with E-state index in [4.69, 9.17) is 16.3 Å². The molecule has 2 amide bonds. The molecule has 1 aromatic heterocycles. The van der Waals surface area contributed by atoms with E-state index < -0.39 is 0 Å². The van der Waals surface area contributed by atoms with Crippen LogP contribution in [-0.4, -0.2) is 86.6 Å². The first kappa shape index (κ1) is 25.9. The Kier molecular flexibility index (Phi) is 7.98. The average Bonchev–Trinajstić information content (AvgIpc) is 3.64. The molecule has 198 valence electrons. The highest BCUT2D eigenvalue weighted by molar-refractivity contribution is 6.29. The third-order valence-electron chi connectivity index (χ3n) is 7.90. The van der Waals surface area contributed by atoms with Crippen LogP contribution >= 0.6 is 11.6 Å². The van der Waals surface area contributed by atoms with Crippen LogP contribution < -0.4 is 10.2 Å². The Bertz CT molecular complexity index is 1090. The highest BCUT2D eigenvalue weighted by atomic mass is 35.5. The number of ether oxygens (including phenoxy) is 1. The summed E-state index contributed by atoms with van der Waals surface area (Å²) in [7, 11) is 3.75. The van der Waals surface area contributed by atoms with Crippen molar-refractivity contribution in [2.75, 3.05) is 64.9 Å². The fraction of sp³-hybridized carbons (Fsp3) is 0.536. The number of nitrogens with one attached hydrogen (secondary N) is 1. The van der Waals surface area contributed by atoms with Crippen LogP contribution in [0.25, 0.3) is 0 Å². The van der Waals surface area contributed by atoms with Crippen LogP contribution in [0, 0.1) is 17.8 Å². The Balaban J connectivity index is 1.17. The number of fused-ring (bicyclic) bond motifs is 1. The Labute approximate surface area is 223 Å². The van der Waals surface area contributed by atoms with Crippen molar-refractivity contribution in [3.8, 4) is 0 Å². The molecule has 8 nitrogen and oxygen atoms in total. The zero-order chi connectivity index (χ0) is 25.9. The molecule has 0 bridgehead atoms. The number of rotatable bonds is 8. The van der Waals surface area contributed by atoms with Crippen LogP contribution in [0.3, 0.4) is 0 Å². The lowest BCUT2D eigenvalue weighted by Gasteiger charge is -2.26. The van der Waals surface area contributed by atoms with E-state index in [0.717, 1.165) is 51.1 Å². The number of pyridine rings is 1. The van der Waals surface area contributed by atoms with Gasteiger partial charge in [-0.3, -0.25) is 9.59 Å². The maximum absolute atomic E-state index is 13.3. The quantitative estimate of drug-likeness (QED) is 0.534. The minimum Gasteiger partial charge on any atom is -0.381 e. The first-order valence-electron chi connectivity index (χ1n) is 13.2. The van der Waals surface area contributed by atoms with Gasteiger partial charge in [0, 0.05) is 53.4 Å². The second-order valence-corrected chi connectivity index (χ2v) is 11.1. The summed E-state index contributed by atoms with van der Waals surface area (Å²) in [6.45, 7) is 5.55. The lowest BCUT2D eigenvalue weighted by Crippen LogP contribution is -2.37. The lowest BCUT2D eigenvalue weighted by molar-refractivity contribution is -0.125. The van der Waals surface area contributed by atoms with Gasteiger partial charge in [-0.1, -0.05) is 41.9 Å². The predicted octanol–water partition coefficient (Wildman–Crippen LogP) is 3.09. The number of nitrogens with zero attached hydrogens (tertiary/aromatic N) is 4. The first-order chi connectivity index (χ1) is 17.9. The second kappa shape index (κ2) is 11.4. The zero-order valence-corrected chi connectivity index (χ0v) is 22.4. The molecule has 0 saturated carbocycles. The molecule has 1 N–H and O–H groups in total. The number of anilines is 1. The minimum atomic E-state index is -0.0512. The standard InChI is InChI=1S/C28H36ClN5O3/c1-32(2)26-23(8-9-25(29)31-26)28(36)34-16-21-14-33(15-22(21)17-34)12-10-24(19-6-4-3-5-7-19)30-27(35)20-11-13-37-18-20/h3-9,20-22,24H,10-18H2,1-2H3,(H,30,35)/t20?,21-,22?,24?/m0/s1. The first-order valence-corrected chi connectivity index (χ1v) is 13.6. The van der Waals surface area contributed by atoms with Gasteiger partial charge in [-0.25, -0.2) is 4.98 Å². The molecule has 4 heterocycles. The molecule has 4 atom stereocenters. The van der Waals surface area contributed by atoms with Crippen LogP contribution in [-0.2, 0) is 9.53 Å². The lowest BCUT2D eigenvalue weighted by atomic mass is 10.0. The number of amides is 2. The summed E-state index contributed by atoms with van der Waals surface area (Å²) < 4.78 is 5.42. The van der Waals surface area contributed by atoms with Crippen LogP contribution in [0.2, 0.25) is 5.15 Å². The monoisotopic (exact) mass is 525 g/mol. The number of hydrogen-bond acceptors (Lipinski definition) is 6. The van der Waals surface area contributed by atoms with Gasteiger partial charge < -0.3 is 24.8 Å². The number of halogens is 1. The largest absolute Gasteiger partial charge is 0.381 e. The zero-order valence-electron chi connectivity index (χ0n) is 21.6. The van der Waals surface area contributed by atoms with Gasteiger partial charge in [-0.05, 0) is 42.4 Å². The SMILES string of the molecule is CN(C)c1nc(Cl)ccc1C(=O)N1CC2CN(CCC(NC(=O)C3CCOC3)c3ccccc3)C[C@H]2C1. The second-order valence-electron chi connectivity index (χ2n) is 10.7. The molecule has 3 aliphatic rings. The van der Waals surface area contributed by atoms with E-state index in [0.29, 0.717) is 41.6 Å². The molecule has 0 radical (unpaired) electrons. The van der Waals surface area contributed by atoms with E-state index >= 15 is 0 Å². The fourth-order valence-corrected chi connectivity index (χ4v) is 6.04. The number of benzene rings is 1. The summed E-state index contributed by atoms with van der Waals surface area (Å²) in [5.41, 5.74) is 1.74. The summed E-state index contributed by atoms with van der Waals surface area (Å²) in [6.07, 6.45) is 1.65. The van der Waals surface area contributed by atoms with Crippen LogP contribution in [0.4, 0.5) is 5.82 Å². The molecular formula is C28H36ClN5O3. The molecule has 3 saturated heterocycles. The van der Waals surface area contributed by atoms with Crippen LogP contribution in [0.15, 0.2) is 42.5 Å². The van der Waals surface area contributed by atoms with Crippen molar-refractivity contribution in [3.05, 3.63) is 58.7 Å². The van der Waals surface area contributed by atoms with E-state index in [1.165, 1.54) is 0 Å². The predicted molar refractivity (Wildman–Crippen MR) is 144 cm³/mol. The Morgan fingerprint density at radius 3 is 2.49 bits per heavy atom. The van der Waals surface area contributed by atoms with Gasteiger partial charge >= 0.3 is 0 Å². The molecular weight excluding hydrogens is 490 g/mol. The third kappa shape index (κ3) is 5.92. The van der Waals surface area contributed by atoms with Crippen molar-refractivity contribution in [2.45, 2.75) is 18.9 Å². The van der Waals surface area contributed by atoms with E-state index in [2.05, 4.69) is 27.3 Å². The molecule has 37 heavy (non-hydrogen) atoms. The number of hydrogen-bond donors (Lipinski definition) is 1. The van der Waals surface area contributed by atoms with Crippen molar-refractivity contribution in [1.82, 2.24) is 20.1 Å². The number of likely N-dealkylation sites (tertiary alicyclic amines) is 2. The van der Waals surface area contributed by atoms with Crippen molar-refractivity contribution in [2.24, 2.45) is 17.8 Å². The minimum absolute atomic E-state index is 0.0188. The molecule has 3 aliphatic heterocycles. The van der Waals surface area contributed by atoms with Crippen molar-refractivity contribution in [3.63, 3.8) is 0 Å². The van der Waals surface area contributed by atoms with Gasteiger partial charge in [0.15, 0.2) is 0 Å². The highest BCUT2D eigenvalue weighted by Gasteiger charge is 2.42. The third-order valence-corrected chi connectivity index (χ3v) is 8.11. The van der Waals surface area contributed by atoms with Gasteiger partial charge in [-0.2, -0.15) is 0 Å². The average molecular weight is 526 g/mol. The van der Waals surface area contributed by atoms with Gasteiger partial charge in [0.1, 0.15) is 11.0 Å². The van der Waals surface area contributed by atoms with E-state index in [9.17, 15) is 9.59 Å². The topological polar surface area (TPSA) is 78.0 Å². The molecule has 3 unspecified atom stereocenters. The summed E-state index contributed by atoms with van der Waals surface area (Å²) >= 11 is 6.07. The molecule has 1 aromatic carbocycles.